The van der Waals surface area contributed by atoms with Gasteiger partial charge in [0, 0.05) is 37.3 Å². The number of hydrogen-bond acceptors (Lipinski definition) is 9. The van der Waals surface area contributed by atoms with E-state index in [4.69, 9.17) is 25.4 Å². The largest absolute Gasteiger partial charge is 0.365 e. The predicted molar refractivity (Wildman–Crippen MR) is 156 cm³/mol. The molecule has 1 saturated heterocycles. The first kappa shape index (κ1) is 27.1. The highest BCUT2D eigenvalue weighted by Gasteiger charge is 2.28. The molecule has 40 heavy (non-hydrogen) atoms. The SMILES string of the molecule is NC1CCC(Nc2nc(NC3CCN(C(C=O)OCc4ccccc4)CC3)c3ncn(C4CCCC4)c3n2)CC1. The lowest BCUT2D eigenvalue weighted by Crippen LogP contribution is -2.46. The van der Waals surface area contributed by atoms with Gasteiger partial charge in [-0.25, -0.2) is 4.98 Å². The van der Waals surface area contributed by atoms with Crippen LogP contribution in [-0.4, -0.2) is 68.1 Å². The van der Waals surface area contributed by atoms with E-state index in [9.17, 15) is 4.79 Å². The van der Waals surface area contributed by atoms with E-state index in [0.717, 1.165) is 80.4 Å². The fourth-order valence-electron chi connectivity index (χ4n) is 6.46. The van der Waals surface area contributed by atoms with E-state index in [2.05, 4.69) is 20.1 Å². The second-order valence-corrected chi connectivity index (χ2v) is 11.7. The highest BCUT2D eigenvalue weighted by Crippen LogP contribution is 2.34. The quantitative estimate of drug-likeness (QED) is 0.320. The number of piperidine rings is 1. The van der Waals surface area contributed by atoms with E-state index >= 15 is 0 Å². The van der Waals surface area contributed by atoms with Gasteiger partial charge in [-0.2, -0.15) is 9.97 Å². The molecule has 2 aromatic heterocycles. The van der Waals surface area contributed by atoms with E-state index < -0.39 is 6.23 Å². The summed E-state index contributed by atoms with van der Waals surface area (Å²) in [7, 11) is 0. The topological polar surface area (TPSA) is 123 Å². The van der Waals surface area contributed by atoms with Gasteiger partial charge in [0.1, 0.15) is 0 Å². The van der Waals surface area contributed by atoms with Crippen LogP contribution in [0.2, 0.25) is 0 Å². The fraction of sp³-hybridized carbons (Fsp3) is 0.600. The molecule has 4 N–H and O–H groups in total. The molecule has 1 unspecified atom stereocenters. The van der Waals surface area contributed by atoms with Crippen molar-refractivity contribution in [1.82, 2.24) is 24.4 Å². The number of carbonyl (C=O) groups is 1. The number of imidazole rings is 1. The summed E-state index contributed by atoms with van der Waals surface area (Å²) in [5.74, 6) is 1.46. The van der Waals surface area contributed by atoms with Crippen molar-refractivity contribution in [1.29, 1.82) is 0 Å². The Balaban J connectivity index is 1.14. The summed E-state index contributed by atoms with van der Waals surface area (Å²) < 4.78 is 8.22. The van der Waals surface area contributed by atoms with Crippen molar-refractivity contribution in [3.05, 3.63) is 42.2 Å². The lowest BCUT2D eigenvalue weighted by atomic mass is 9.92. The summed E-state index contributed by atoms with van der Waals surface area (Å²) in [4.78, 5) is 28.7. The average Bonchev–Trinajstić information content (AvgIpc) is 3.66. The Morgan fingerprint density at radius 1 is 0.950 bits per heavy atom. The molecule has 0 spiro atoms. The molecule has 10 nitrogen and oxygen atoms in total. The fourth-order valence-corrected chi connectivity index (χ4v) is 6.46. The monoisotopic (exact) mass is 546 g/mol. The molecule has 1 atom stereocenters. The van der Waals surface area contributed by atoms with Crippen LogP contribution in [0.15, 0.2) is 36.7 Å². The van der Waals surface area contributed by atoms with Gasteiger partial charge >= 0.3 is 0 Å². The highest BCUT2D eigenvalue weighted by atomic mass is 16.5. The van der Waals surface area contributed by atoms with Crippen LogP contribution in [0.5, 0.6) is 0 Å². The van der Waals surface area contributed by atoms with E-state index in [1.54, 1.807) is 0 Å². The molecule has 3 aliphatic rings. The standard InChI is InChI=1S/C30H42N8O2/c31-22-10-12-23(13-11-22)34-30-35-28(27-29(36-30)38(20-32-27)25-8-4-5-9-25)33-24-14-16-37(17-15-24)26(18-39)40-19-21-6-2-1-3-7-21/h1-3,6-7,18,20,22-26H,4-5,8-17,19,31H2,(H2,33,34,35,36). The lowest BCUT2D eigenvalue weighted by molar-refractivity contribution is -0.134. The van der Waals surface area contributed by atoms with Crippen molar-refractivity contribution in [2.45, 2.75) is 101 Å². The molecule has 2 aliphatic carbocycles. The van der Waals surface area contributed by atoms with E-state index in [1.807, 2.05) is 36.7 Å². The van der Waals surface area contributed by atoms with Crippen molar-refractivity contribution in [2.75, 3.05) is 23.7 Å². The number of anilines is 2. The number of likely N-dealkylation sites (tertiary alicyclic amines) is 1. The second-order valence-electron chi connectivity index (χ2n) is 11.7. The zero-order valence-corrected chi connectivity index (χ0v) is 23.3. The number of carbonyl (C=O) groups excluding carboxylic acids is 1. The Morgan fingerprint density at radius 3 is 2.40 bits per heavy atom. The molecule has 1 aromatic carbocycles. The Morgan fingerprint density at radius 2 is 1.68 bits per heavy atom. The van der Waals surface area contributed by atoms with E-state index in [-0.39, 0.29) is 6.04 Å². The van der Waals surface area contributed by atoms with Gasteiger partial charge in [0.2, 0.25) is 5.95 Å². The third-order valence-electron chi connectivity index (χ3n) is 8.85. The van der Waals surface area contributed by atoms with Crippen molar-refractivity contribution in [3.63, 3.8) is 0 Å². The Kier molecular flexibility index (Phi) is 8.55. The highest BCUT2D eigenvalue weighted by molar-refractivity contribution is 5.84. The lowest BCUT2D eigenvalue weighted by Gasteiger charge is -2.35. The molecule has 0 bridgehead atoms. The van der Waals surface area contributed by atoms with Gasteiger partial charge in [0.25, 0.3) is 0 Å². The molecule has 6 rings (SSSR count). The summed E-state index contributed by atoms with van der Waals surface area (Å²) in [6, 6.07) is 11.3. The zero-order chi connectivity index (χ0) is 27.3. The maximum atomic E-state index is 11.9. The van der Waals surface area contributed by atoms with Gasteiger partial charge in [-0.05, 0) is 56.9 Å². The van der Waals surface area contributed by atoms with Gasteiger partial charge in [-0.1, -0.05) is 43.2 Å². The molecule has 10 heteroatoms. The van der Waals surface area contributed by atoms with Gasteiger partial charge in [0.15, 0.2) is 29.5 Å². The van der Waals surface area contributed by atoms with Gasteiger partial charge in [-0.15, -0.1) is 0 Å². The molecule has 1 aliphatic heterocycles. The van der Waals surface area contributed by atoms with Crippen LogP contribution < -0.4 is 16.4 Å². The molecule has 3 aromatic rings. The van der Waals surface area contributed by atoms with Gasteiger partial charge in [-0.3, -0.25) is 9.69 Å². The summed E-state index contributed by atoms with van der Waals surface area (Å²) in [6.45, 7) is 1.97. The van der Waals surface area contributed by atoms with Crippen LogP contribution in [0.1, 0.15) is 75.8 Å². The summed E-state index contributed by atoms with van der Waals surface area (Å²) in [5.41, 5.74) is 8.95. The van der Waals surface area contributed by atoms with Gasteiger partial charge in [0.05, 0.1) is 12.9 Å². The number of aromatic nitrogens is 4. The number of hydrogen-bond donors (Lipinski definition) is 3. The molecule has 214 valence electrons. The van der Waals surface area contributed by atoms with E-state index in [0.29, 0.717) is 30.7 Å². The maximum absolute atomic E-state index is 11.9. The Hall–Kier alpha value is -3.08. The first-order valence-electron chi connectivity index (χ1n) is 15.0. The first-order valence-corrected chi connectivity index (χ1v) is 15.0. The summed E-state index contributed by atoms with van der Waals surface area (Å²) in [5, 5.41) is 7.32. The minimum Gasteiger partial charge on any atom is -0.365 e. The van der Waals surface area contributed by atoms with Crippen molar-refractivity contribution >= 4 is 29.2 Å². The summed E-state index contributed by atoms with van der Waals surface area (Å²) in [6.07, 6.45) is 13.1. The summed E-state index contributed by atoms with van der Waals surface area (Å²) >= 11 is 0. The van der Waals surface area contributed by atoms with Crippen molar-refractivity contribution in [3.8, 4) is 0 Å². The number of ether oxygens (including phenoxy) is 1. The molecule has 3 fully saturated rings. The number of fused-ring (bicyclic) bond motifs is 1. The minimum atomic E-state index is -0.534. The van der Waals surface area contributed by atoms with Crippen LogP contribution in [0, 0.1) is 0 Å². The molecule has 3 heterocycles. The predicted octanol–water partition coefficient (Wildman–Crippen LogP) is 4.24. The average molecular weight is 547 g/mol. The number of nitrogens with zero attached hydrogens (tertiary/aromatic N) is 5. The molecule has 0 radical (unpaired) electrons. The van der Waals surface area contributed by atoms with Crippen LogP contribution in [0.3, 0.4) is 0 Å². The Bertz CT molecular complexity index is 1250. The molecular weight excluding hydrogens is 504 g/mol. The second kappa shape index (κ2) is 12.6. The molecule has 2 saturated carbocycles. The van der Waals surface area contributed by atoms with Crippen molar-refractivity contribution < 1.29 is 9.53 Å². The Labute approximate surface area is 236 Å². The third kappa shape index (κ3) is 6.29. The third-order valence-corrected chi connectivity index (χ3v) is 8.85. The van der Waals surface area contributed by atoms with Crippen LogP contribution in [0.4, 0.5) is 11.8 Å². The first-order chi connectivity index (χ1) is 19.7. The number of benzene rings is 1. The number of nitrogens with one attached hydrogen (secondary N) is 2. The normalized spacial score (nSPS) is 23.8. The number of nitrogens with two attached hydrogens (primary N) is 1. The van der Waals surface area contributed by atoms with E-state index in [1.165, 1.54) is 25.7 Å². The smallest absolute Gasteiger partial charge is 0.227 e. The zero-order valence-electron chi connectivity index (χ0n) is 23.3. The van der Waals surface area contributed by atoms with Crippen LogP contribution >= 0.6 is 0 Å². The molecule has 0 amide bonds. The number of aldehydes is 1. The van der Waals surface area contributed by atoms with Crippen LogP contribution in [-0.2, 0) is 16.1 Å². The maximum Gasteiger partial charge on any atom is 0.227 e. The number of rotatable bonds is 10. The van der Waals surface area contributed by atoms with Gasteiger partial charge < -0.3 is 25.7 Å². The van der Waals surface area contributed by atoms with Crippen LogP contribution in [0.25, 0.3) is 11.2 Å². The molecular formula is C30H42N8O2. The van der Waals surface area contributed by atoms with Crippen molar-refractivity contribution in [2.24, 2.45) is 5.73 Å². The minimum absolute atomic E-state index is 0.230.